The van der Waals surface area contributed by atoms with E-state index in [0.29, 0.717) is 29.8 Å². The number of likely N-dealkylation sites (tertiary alicyclic amines) is 1. The Hall–Kier alpha value is -3.65. The van der Waals surface area contributed by atoms with Crippen molar-refractivity contribution in [2.45, 2.75) is 43.9 Å². The van der Waals surface area contributed by atoms with Crippen molar-refractivity contribution < 1.29 is 19.4 Å². The third kappa shape index (κ3) is 4.53. The fourth-order valence-electron chi connectivity index (χ4n) is 5.56. The Kier molecular flexibility index (Phi) is 6.06. The van der Waals surface area contributed by atoms with E-state index >= 15 is 0 Å². The number of carbonyl (C=O) groups is 2. The second kappa shape index (κ2) is 9.19. The van der Waals surface area contributed by atoms with E-state index < -0.39 is 6.10 Å². The van der Waals surface area contributed by atoms with Gasteiger partial charge in [-0.15, -0.1) is 0 Å². The van der Waals surface area contributed by atoms with Crippen molar-refractivity contribution in [1.82, 2.24) is 20.4 Å². The molecule has 2 aliphatic rings. The number of hydrogen-bond donors (Lipinski definition) is 3. The van der Waals surface area contributed by atoms with Crippen LogP contribution in [0.25, 0.3) is 11.1 Å². The van der Waals surface area contributed by atoms with Crippen molar-refractivity contribution in [2.75, 3.05) is 13.7 Å². The molecule has 35 heavy (non-hydrogen) atoms. The molecule has 1 aromatic heterocycles. The molecular formula is C27H30N4O4. The Morgan fingerprint density at radius 1 is 1.17 bits per heavy atom. The normalized spacial score (nSPS) is 25.7. The summed E-state index contributed by atoms with van der Waals surface area (Å²) in [6, 6.07) is 14.5. The molecule has 2 amide bonds. The number of amides is 2. The highest BCUT2D eigenvalue weighted by Gasteiger charge is 2.50. The average molecular weight is 475 g/mol. The average Bonchev–Trinajstić information content (AvgIpc) is 3.52. The Bertz CT molecular complexity index is 1210. The van der Waals surface area contributed by atoms with E-state index in [2.05, 4.69) is 15.5 Å². The van der Waals surface area contributed by atoms with Crippen LogP contribution in [0, 0.1) is 5.92 Å². The van der Waals surface area contributed by atoms with Gasteiger partial charge in [-0.1, -0.05) is 18.2 Å². The summed E-state index contributed by atoms with van der Waals surface area (Å²) in [6.07, 6.45) is 4.99. The van der Waals surface area contributed by atoms with Gasteiger partial charge in [-0.05, 0) is 62.4 Å². The molecule has 0 bridgehead atoms. The summed E-state index contributed by atoms with van der Waals surface area (Å²) in [7, 11) is 1.58. The van der Waals surface area contributed by atoms with Crippen LogP contribution in [0.1, 0.15) is 46.9 Å². The lowest BCUT2D eigenvalue weighted by molar-refractivity contribution is 0.0360. The summed E-state index contributed by atoms with van der Waals surface area (Å²) in [5.74, 6) is 0.596. The van der Waals surface area contributed by atoms with E-state index in [1.807, 2.05) is 31.2 Å². The number of ether oxygens (including phenoxy) is 1. The van der Waals surface area contributed by atoms with E-state index in [9.17, 15) is 14.7 Å². The van der Waals surface area contributed by atoms with Gasteiger partial charge in [-0.2, -0.15) is 5.10 Å². The molecule has 1 saturated carbocycles. The zero-order valence-electron chi connectivity index (χ0n) is 19.9. The van der Waals surface area contributed by atoms with Crippen molar-refractivity contribution in [3.05, 3.63) is 72.1 Å². The van der Waals surface area contributed by atoms with Gasteiger partial charge in [-0.25, -0.2) is 0 Å². The first kappa shape index (κ1) is 23.1. The van der Waals surface area contributed by atoms with Gasteiger partial charge in [0.05, 0.1) is 19.4 Å². The molecular weight excluding hydrogens is 444 g/mol. The number of aromatic nitrogens is 2. The fourth-order valence-corrected chi connectivity index (χ4v) is 5.56. The van der Waals surface area contributed by atoms with Gasteiger partial charge in [0, 0.05) is 46.6 Å². The van der Waals surface area contributed by atoms with Crippen LogP contribution in [0.5, 0.6) is 5.75 Å². The van der Waals surface area contributed by atoms with Gasteiger partial charge in [-0.3, -0.25) is 14.7 Å². The molecule has 2 heterocycles. The van der Waals surface area contributed by atoms with E-state index in [-0.39, 0.29) is 29.3 Å². The third-order valence-corrected chi connectivity index (χ3v) is 7.26. The van der Waals surface area contributed by atoms with Gasteiger partial charge < -0.3 is 20.1 Å². The van der Waals surface area contributed by atoms with Crippen LogP contribution in [-0.4, -0.2) is 63.4 Å². The van der Waals surface area contributed by atoms with E-state index in [0.717, 1.165) is 24.0 Å². The highest BCUT2D eigenvalue weighted by atomic mass is 16.5. The molecule has 2 aromatic carbocycles. The first-order valence-electron chi connectivity index (χ1n) is 11.9. The standard InChI is InChI=1S/C27H30N4O4/c1-27(30-25(33)17-6-4-3-5-7-17)12-19(13-27)23-11-21(32)16-31(23)26(34)18-8-9-22(24(10-18)35-2)20-14-28-29-15-20/h3-10,14-15,19,21,23,32H,11-13,16H2,1-2H3,(H,28,29)(H,30,33)/t19?,21-,23-,27?/m1/s1. The van der Waals surface area contributed by atoms with Crippen molar-refractivity contribution >= 4 is 11.8 Å². The zero-order valence-corrected chi connectivity index (χ0v) is 19.9. The van der Waals surface area contributed by atoms with Crippen molar-refractivity contribution in [2.24, 2.45) is 5.92 Å². The molecule has 3 N–H and O–H groups in total. The highest BCUT2D eigenvalue weighted by molar-refractivity contribution is 5.96. The number of carbonyl (C=O) groups excluding carboxylic acids is 2. The lowest BCUT2D eigenvalue weighted by Crippen LogP contribution is -2.59. The maximum absolute atomic E-state index is 13.5. The first-order chi connectivity index (χ1) is 16.9. The largest absolute Gasteiger partial charge is 0.496 e. The Labute approximate surface area is 204 Å². The Balaban J connectivity index is 1.28. The predicted octanol–water partition coefficient (Wildman–Crippen LogP) is 3.26. The third-order valence-electron chi connectivity index (χ3n) is 7.26. The van der Waals surface area contributed by atoms with Gasteiger partial charge >= 0.3 is 0 Å². The monoisotopic (exact) mass is 474 g/mol. The second-order valence-electron chi connectivity index (χ2n) is 9.87. The molecule has 8 heteroatoms. The van der Waals surface area contributed by atoms with Crippen molar-refractivity contribution in [3.63, 3.8) is 0 Å². The van der Waals surface area contributed by atoms with Gasteiger partial charge in [0.1, 0.15) is 5.75 Å². The molecule has 3 aromatic rings. The number of aromatic amines is 1. The lowest BCUT2D eigenvalue weighted by atomic mass is 9.65. The fraction of sp³-hybridized carbons (Fsp3) is 0.370. The SMILES string of the molecule is COc1cc(C(=O)N2C[C@H](O)C[C@@H]2C2CC(C)(NC(=O)c3ccccc3)C2)ccc1-c1cn[nH]c1. The summed E-state index contributed by atoms with van der Waals surface area (Å²) in [5.41, 5.74) is 2.56. The number of methoxy groups -OCH3 is 1. The molecule has 1 aliphatic carbocycles. The molecule has 2 fully saturated rings. The lowest BCUT2D eigenvalue weighted by Gasteiger charge is -2.49. The van der Waals surface area contributed by atoms with E-state index in [1.54, 1.807) is 48.7 Å². The molecule has 1 aliphatic heterocycles. The zero-order chi connectivity index (χ0) is 24.6. The number of nitrogens with zero attached hydrogens (tertiary/aromatic N) is 2. The number of hydrogen-bond acceptors (Lipinski definition) is 5. The van der Waals surface area contributed by atoms with Crippen LogP contribution in [-0.2, 0) is 0 Å². The molecule has 5 rings (SSSR count). The smallest absolute Gasteiger partial charge is 0.254 e. The number of nitrogens with one attached hydrogen (secondary N) is 2. The number of H-pyrrole nitrogens is 1. The summed E-state index contributed by atoms with van der Waals surface area (Å²) in [5, 5.41) is 20.4. The van der Waals surface area contributed by atoms with Crippen molar-refractivity contribution in [3.8, 4) is 16.9 Å². The molecule has 182 valence electrons. The van der Waals surface area contributed by atoms with Crippen LogP contribution in [0.2, 0.25) is 0 Å². The maximum Gasteiger partial charge on any atom is 0.254 e. The summed E-state index contributed by atoms with van der Waals surface area (Å²) in [6.45, 7) is 2.35. The minimum Gasteiger partial charge on any atom is -0.496 e. The van der Waals surface area contributed by atoms with Crippen LogP contribution < -0.4 is 10.1 Å². The van der Waals surface area contributed by atoms with Crippen LogP contribution in [0.4, 0.5) is 0 Å². The highest BCUT2D eigenvalue weighted by Crippen LogP contribution is 2.44. The van der Waals surface area contributed by atoms with Crippen molar-refractivity contribution in [1.29, 1.82) is 0 Å². The Morgan fingerprint density at radius 2 is 1.94 bits per heavy atom. The predicted molar refractivity (Wildman–Crippen MR) is 131 cm³/mol. The number of rotatable bonds is 6. The molecule has 2 atom stereocenters. The molecule has 0 unspecified atom stereocenters. The number of benzene rings is 2. The summed E-state index contributed by atoms with van der Waals surface area (Å²) in [4.78, 5) is 27.9. The van der Waals surface area contributed by atoms with Crippen LogP contribution in [0.3, 0.4) is 0 Å². The van der Waals surface area contributed by atoms with Gasteiger partial charge in [0.2, 0.25) is 0 Å². The summed E-state index contributed by atoms with van der Waals surface area (Å²) >= 11 is 0. The Morgan fingerprint density at radius 3 is 2.63 bits per heavy atom. The molecule has 8 nitrogen and oxygen atoms in total. The van der Waals surface area contributed by atoms with E-state index in [4.69, 9.17) is 4.74 Å². The topological polar surface area (TPSA) is 108 Å². The van der Waals surface area contributed by atoms with Gasteiger partial charge in [0.15, 0.2) is 0 Å². The van der Waals surface area contributed by atoms with E-state index in [1.165, 1.54) is 0 Å². The van der Waals surface area contributed by atoms with Crippen LogP contribution >= 0.6 is 0 Å². The van der Waals surface area contributed by atoms with Crippen LogP contribution in [0.15, 0.2) is 60.9 Å². The number of aliphatic hydroxyl groups excluding tert-OH is 1. The quantitative estimate of drug-likeness (QED) is 0.508. The number of aliphatic hydroxyl groups is 1. The minimum absolute atomic E-state index is 0.0706. The molecule has 0 radical (unpaired) electrons. The molecule has 0 spiro atoms. The first-order valence-corrected chi connectivity index (χ1v) is 11.9. The second-order valence-corrected chi connectivity index (χ2v) is 9.87. The maximum atomic E-state index is 13.5. The van der Waals surface area contributed by atoms with Gasteiger partial charge in [0.25, 0.3) is 11.8 Å². The summed E-state index contributed by atoms with van der Waals surface area (Å²) < 4.78 is 5.55. The minimum atomic E-state index is -0.554. The molecule has 1 saturated heterocycles. The number of β-amino-alcohol motifs (C(OH)–C–C–N with tert-alkyl or cyclic N) is 1.